The Hall–Kier alpha value is -4.45. The molecule has 0 unspecified atom stereocenters. The molecule has 0 bridgehead atoms. The first-order valence-electron chi connectivity index (χ1n) is 13.5. The molecule has 2 aliphatic rings. The van der Waals surface area contributed by atoms with Crippen LogP contribution in [0.25, 0.3) is 11.1 Å². The number of halogens is 2. The van der Waals surface area contributed by atoms with Crippen LogP contribution in [0.5, 0.6) is 0 Å². The van der Waals surface area contributed by atoms with Crippen molar-refractivity contribution in [2.24, 2.45) is 0 Å². The van der Waals surface area contributed by atoms with Crippen molar-refractivity contribution in [1.82, 2.24) is 18.9 Å². The molecule has 11 nitrogen and oxygen atoms in total. The van der Waals surface area contributed by atoms with Gasteiger partial charge in [0.1, 0.15) is 18.9 Å². The molecule has 1 aromatic heterocycles. The van der Waals surface area contributed by atoms with Crippen molar-refractivity contribution < 1.29 is 23.9 Å². The first-order valence-corrected chi connectivity index (χ1v) is 13.8. The van der Waals surface area contributed by atoms with Gasteiger partial charge in [-0.15, -0.1) is 0 Å². The van der Waals surface area contributed by atoms with E-state index in [-0.39, 0.29) is 28.2 Å². The van der Waals surface area contributed by atoms with Gasteiger partial charge in [-0.25, -0.2) is 18.5 Å². The zero-order valence-electron chi connectivity index (χ0n) is 22.8. The van der Waals surface area contributed by atoms with Crippen molar-refractivity contribution in [3.8, 4) is 11.1 Å². The first-order chi connectivity index (χ1) is 20.1. The minimum Gasteiger partial charge on any atom is -0.480 e. The zero-order chi connectivity index (χ0) is 30.1. The Bertz CT molecular complexity index is 1680. The Morgan fingerprint density at radius 2 is 1.69 bits per heavy atom. The fourth-order valence-electron chi connectivity index (χ4n) is 5.63. The summed E-state index contributed by atoms with van der Waals surface area (Å²) in [5.41, 5.74) is -0.217. The van der Waals surface area contributed by atoms with Gasteiger partial charge < -0.3 is 14.9 Å². The summed E-state index contributed by atoms with van der Waals surface area (Å²) >= 11 is 6.08. The number of fused-ring (bicyclic) bond motifs is 1. The Labute approximate surface area is 244 Å². The third-order valence-corrected chi connectivity index (χ3v) is 8.23. The maximum absolute atomic E-state index is 14.2. The molecule has 42 heavy (non-hydrogen) atoms. The van der Waals surface area contributed by atoms with E-state index in [1.54, 1.807) is 16.8 Å². The van der Waals surface area contributed by atoms with Gasteiger partial charge in [-0.2, -0.15) is 0 Å². The number of hydrogen-bond donors (Lipinski definition) is 1. The lowest BCUT2D eigenvalue weighted by molar-refractivity contribution is -0.137. The van der Waals surface area contributed by atoms with E-state index in [1.807, 2.05) is 29.2 Å². The third kappa shape index (κ3) is 5.54. The minimum atomic E-state index is -1.44. The second-order valence-corrected chi connectivity index (χ2v) is 10.7. The number of likely N-dealkylation sites (tertiary alicyclic amines) is 1. The van der Waals surface area contributed by atoms with E-state index in [2.05, 4.69) is 0 Å². The normalized spacial score (nSPS) is 15.9. The monoisotopic (exact) mass is 597 g/mol. The maximum Gasteiger partial charge on any atom is 0.332 e. The number of urea groups is 1. The van der Waals surface area contributed by atoms with Gasteiger partial charge in [-0.05, 0) is 37.0 Å². The number of hydrogen-bond acceptors (Lipinski definition) is 5. The molecule has 0 aliphatic carbocycles. The molecule has 0 spiro atoms. The van der Waals surface area contributed by atoms with E-state index in [0.29, 0.717) is 37.0 Å². The summed E-state index contributed by atoms with van der Waals surface area (Å²) in [5, 5.41) is 8.92. The quantitative estimate of drug-likeness (QED) is 0.466. The smallest absolute Gasteiger partial charge is 0.332 e. The van der Waals surface area contributed by atoms with Gasteiger partial charge in [0, 0.05) is 50.2 Å². The fourth-order valence-corrected chi connectivity index (χ4v) is 5.86. The van der Waals surface area contributed by atoms with Gasteiger partial charge in [-0.3, -0.25) is 23.9 Å². The van der Waals surface area contributed by atoms with Crippen LogP contribution < -0.4 is 16.1 Å². The summed E-state index contributed by atoms with van der Waals surface area (Å²) in [6, 6.07) is 11.4. The summed E-state index contributed by atoms with van der Waals surface area (Å²) in [6.07, 6.45) is 2.91. The molecule has 13 heteroatoms. The number of carboxylic acid groups (broad SMARTS) is 1. The SMILES string of the molecule is CN1C(=O)N(C2CCN(C(=O)Cn3cc(-c4cccc(F)c4Cl)c(=O)n(CC(=O)O)c3=O)CC2)CCc2ccccc21. The van der Waals surface area contributed by atoms with Crippen molar-refractivity contribution in [3.05, 3.63) is 85.9 Å². The average molecular weight is 598 g/mol. The standard InChI is InChI=1S/C29H29ClFN5O6/c1-32-23-8-3-2-5-18(23)9-14-35(28(32)41)19-10-12-33(13-11-19)24(37)16-34-15-21(20-6-4-7-22(31)26(20)30)27(40)36(29(34)42)17-25(38)39/h2-8,15,19H,9-14,16-17H2,1H3,(H,38,39). The third-order valence-electron chi connectivity index (χ3n) is 7.84. The lowest BCUT2D eigenvalue weighted by Gasteiger charge is -2.39. The summed E-state index contributed by atoms with van der Waals surface area (Å²) < 4.78 is 15.6. The van der Waals surface area contributed by atoms with E-state index in [0.717, 1.165) is 34.5 Å². The molecule has 3 heterocycles. The number of carbonyl (C=O) groups excluding carboxylic acids is 2. The topological polar surface area (TPSA) is 125 Å². The molecule has 0 saturated carbocycles. The van der Waals surface area contributed by atoms with E-state index < -0.39 is 42.0 Å². The second-order valence-electron chi connectivity index (χ2n) is 10.4. The Morgan fingerprint density at radius 1 is 0.976 bits per heavy atom. The maximum atomic E-state index is 14.2. The molecule has 1 N–H and O–H groups in total. The molecule has 1 saturated heterocycles. The Kier molecular flexibility index (Phi) is 8.17. The van der Waals surface area contributed by atoms with Crippen LogP contribution in [0, 0.1) is 5.82 Å². The van der Waals surface area contributed by atoms with Gasteiger partial charge >= 0.3 is 17.7 Å². The van der Waals surface area contributed by atoms with Crippen LogP contribution in [-0.4, -0.2) is 74.7 Å². The largest absolute Gasteiger partial charge is 0.480 e. The number of rotatable bonds is 6. The summed E-state index contributed by atoms with van der Waals surface area (Å²) in [7, 11) is 1.75. The van der Waals surface area contributed by atoms with Gasteiger partial charge in [0.15, 0.2) is 0 Å². The van der Waals surface area contributed by atoms with E-state index >= 15 is 0 Å². The van der Waals surface area contributed by atoms with Crippen molar-refractivity contribution in [2.75, 3.05) is 31.6 Å². The highest BCUT2D eigenvalue weighted by Gasteiger charge is 2.33. The van der Waals surface area contributed by atoms with Crippen LogP contribution in [-0.2, 0) is 29.1 Å². The number of aromatic nitrogens is 2. The summed E-state index contributed by atoms with van der Waals surface area (Å²) in [5.74, 6) is -2.65. The predicted octanol–water partition coefficient (Wildman–Crippen LogP) is 2.66. The molecule has 3 aromatic rings. The number of anilines is 1. The van der Waals surface area contributed by atoms with Crippen molar-refractivity contribution in [2.45, 2.75) is 38.4 Å². The lowest BCUT2D eigenvalue weighted by Crippen LogP contribution is -2.52. The van der Waals surface area contributed by atoms with Crippen LogP contribution in [0.1, 0.15) is 18.4 Å². The summed E-state index contributed by atoms with van der Waals surface area (Å²) in [6.45, 7) is -0.166. The van der Waals surface area contributed by atoms with Crippen LogP contribution in [0.2, 0.25) is 5.02 Å². The molecule has 220 valence electrons. The van der Waals surface area contributed by atoms with Crippen molar-refractivity contribution in [3.63, 3.8) is 0 Å². The van der Waals surface area contributed by atoms with Crippen LogP contribution in [0.15, 0.2) is 58.3 Å². The van der Waals surface area contributed by atoms with Gasteiger partial charge in [0.25, 0.3) is 5.56 Å². The van der Waals surface area contributed by atoms with Crippen LogP contribution in [0.3, 0.4) is 0 Å². The highest BCUT2D eigenvalue weighted by Crippen LogP contribution is 2.29. The van der Waals surface area contributed by atoms with Crippen LogP contribution >= 0.6 is 11.6 Å². The molecule has 5 rings (SSSR count). The number of nitrogens with zero attached hydrogens (tertiary/aromatic N) is 5. The van der Waals surface area contributed by atoms with E-state index in [4.69, 9.17) is 11.6 Å². The molecule has 2 aliphatic heterocycles. The molecule has 0 radical (unpaired) electrons. The number of carbonyl (C=O) groups is 3. The van der Waals surface area contributed by atoms with Gasteiger partial charge in [0.05, 0.1) is 10.6 Å². The first kappa shape index (κ1) is 29.1. The highest BCUT2D eigenvalue weighted by molar-refractivity contribution is 6.33. The Morgan fingerprint density at radius 3 is 2.40 bits per heavy atom. The highest BCUT2D eigenvalue weighted by atomic mass is 35.5. The van der Waals surface area contributed by atoms with E-state index in [1.165, 1.54) is 12.1 Å². The number of benzene rings is 2. The minimum absolute atomic E-state index is 0.0305. The number of carboxylic acids is 1. The lowest BCUT2D eigenvalue weighted by atomic mass is 10.0. The van der Waals surface area contributed by atoms with Crippen molar-refractivity contribution >= 4 is 35.2 Å². The number of aliphatic carboxylic acids is 1. The molecule has 2 aromatic carbocycles. The van der Waals surface area contributed by atoms with Gasteiger partial charge in [-0.1, -0.05) is 41.9 Å². The predicted molar refractivity (Wildman–Crippen MR) is 153 cm³/mol. The molecular weight excluding hydrogens is 569 g/mol. The molecular formula is C29H29ClFN5O6. The van der Waals surface area contributed by atoms with Gasteiger partial charge in [0.2, 0.25) is 5.91 Å². The Balaban J connectivity index is 1.34. The summed E-state index contributed by atoms with van der Waals surface area (Å²) in [4.78, 5) is 69.2. The molecule has 1 fully saturated rings. The average Bonchev–Trinajstić information content (AvgIpc) is 3.10. The number of piperidine rings is 1. The van der Waals surface area contributed by atoms with E-state index in [9.17, 15) is 33.5 Å². The zero-order valence-corrected chi connectivity index (χ0v) is 23.6. The second kappa shape index (κ2) is 11.8. The van der Waals surface area contributed by atoms with Crippen molar-refractivity contribution in [1.29, 1.82) is 0 Å². The fraction of sp³-hybridized carbons (Fsp3) is 0.345. The van der Waals surface area contributed by atoms with Crippen LogP contribution in [0.4, 0.5) is 14.9 Å². The number of amides is 3. The number of para-hydroxylation sites is 1. The molecule has 0 atom stereocenters. The molecule has 3 amide bonds.